The van der Waals surface area contributed by atoms with Gasteiger partial charge in [-0.3, -0.25) is 14.6 Å². The smallest absolute Gasteiger partial charge is 0.273 e. The molecule has 2 aliphatic rings. The summed E-state index contributed by atoms with van der Waals surface area (Å²) in [5, 5.41) is 10.1. The molecule has 1 fully saturated rings. The second-order valence-electron chi connectivity index (χ2n) is 7.76. The van der Waals surface area contributed by atoms with Crippen molar-refractivity contribution in [3.05, 3.63) is 95.6 Å². The first kappa shape index (κ1) is 19.4. The molecule has 31 heavy (non-hydrogen) atoms. The molecule has 1 N–H and O–H groups in total. The van der Waals surface area contributed by atoms with Crippen molar-refractivity contribution in [1.82, 2.24) is 9.88 Å². The first-order chi connectivity index (χ1) is 15.1. The van der Waals surface area contributed by atoms with Crippen molar-refractivity contribution < 1.29 is 19.1 Å². The topological polar surface area (TPSA) is 73.7 Å². The zero-order valence-electron chi connectivity index (χ0n) is 16.6. The van der Waals surface area contributed by atoms with E-state index in [1.165, 1.54) is 18.2 Å². The van der Waals surface area contributed by atoms with Crippen LogP contribution in [0.4, 0.5) is 10.1 Å². The van der Waals surface area contributed by atoms with Gasteiger partial charge in [-0.05, 0) is 42.0 Å². The van der Waals surface area contributed by atoms with Crippen LogP contribution in [0.1, 0.15) is 32.3 Å². The van der Waals surface area contributed by atoms with Crippen molar-refractivity contribution in [3.63, 3.8) is 0 Å². The fourth-order valence-electron chi connectivity index (χ4n) is 4.76. The average molecular weight is 417 g/mol. The van der Waals surface area contributed by atoms with E-state index in [1.54, 1.807) is 40.3 Å². The van der Waals surface area contributed by atoms with Gasteiger partial charge in [-0.25, -0.2) is 4.39 Å². The fourth-order valence-corrected chi connectivity index (χ4v) is 4.76. The molecule has 2 amide bonds. The highest BCUT2D eigenvalue weighted by Crippen LogP contribution is 2.48. The number of pyridine rings is 1. The SMILES string of the molecule is O=C(c1cccc(F)c1)N1C[C@H]2[C@@H](c3ccccc31)[C@@H](CO)N2C(=O)c1ccccn1. The second kappa shape index (κ2) is 7.59. The number of benzene rings is 2. The number of hydrogen-bond acceptors (Lipinski definition) is 4. The van der Waals surface area contributed by atoms with Gasteiger partial charge < -0.3 is 14.9 Å². The van der Waals surface area contributed by atoms with Crippen LogP contribution in [-0.2, 0) is 0 Å². The van der Waals surface area contributed by atoms with Crippen molar-refractivity contribution in [2.75, 3.05) is 18.1 Å². The molecule has 0 saturated carbocycles. The van der Waals surface area contributed by atoms with Gasteiger partial charge >= 0.3 is 0 Å². The van der Waals surface area contributed by atoms with E-state index in [1.807, 2.05) is 24.3 Å². The summed E-state index contributed by atoms with van der Waals surface area (Å²) in [6, 6.07) is 17.5. The number of aliphatic hydroxyl groups is 1. The number of aromatic nitrogens is 1. The Morgan fingerprint density at radius 2 is 1.84 bits per heavy atom. The molecule has 2 aromatic carbocycles. The molecule has 5 rings (SSSR count). The normalized spacial score (nSPS) is 21.7. The van der Waals surface area contributed by atoms with E-state index in [9.17, 15) is 19.1 Å². The van der Waals surface area contributed by atoms with E-state index >= 15 is 0 Å². The Labute approximate surface area is 178 Å². The number of halogens is 1. The lowest BCUT2D eigenvalue weighted by Gasteiger charge is -2.58. The molecule has 6 nitrogen and oxygen atoms in total. The Bertz CT molecular complexity index is 1150. The molecule has 0 radical (unpaired) electrons. The second-order valence-corrected chi connectivity index (χ2v) is 7.76. The Hall–Kier alpha value is -3.58. The van der Waals surface area contributed by atoms with Crippen molar-refractivity contribution in [3.8, 4) is 0 Å². The van der Waals surface area contributed by atoms with Gasteiger partial charge in [0.25, 0.3) is 11.8 Å². The maximum absolute atomic E-state index is 13.7. The van der Waals surface area contributed by atoms with E-state index in [0.29, 0.717) is 5.69 Å². The number of fused-ring (bicyclic) bond motifs is 3. The maximum Gasteiger partial charge on any atom is 0.273 e. The quantitative estimate of drug-likeness (QED) is 0.711. The van der Waals surface area contributed by atoms with Crippen molar-refractivity contribution in [2.24, 2.45) is 0 Å². The number of rotatable bonds is 3. The lowest BCUT2D eigenvalue weighted by Crippen LogP contribution is -2.70. The van der Waals surface area contributed by atoms with Crippen molar-refractivity contribution in [2.45, 2.75) is 18.0 Å². The minimum Gasteiger partial charge on any atom is -0.394 e. The van der Waals surface area contributed by atoms with Gasteiger partial charge in [0.15, 0.2) is 0 Å². The lowest BCUT2D eigenvalue weighted by atomic mass is 9.71. The minimum absolute atomic E-state index is 0.0922. The predicted molar refractivity (Wildman–Crippen MR) is 112 cm³/mol. The van der Waals surface area contributed by atoms with Crippen LogP contribution in [0.3, 0.4) is 0 Å². The van der Waals surface area contributed by atoms with Gasteiger partial charge in [0.2, 0.25) is 0 Å². The zero-order valence-corrected chi connectivity index (χ0v) is 16.6. The molecular formula is C24H20FN3O3. The predicted octanol–water partition coefficient (Wildman–Crippen LogP) is 2.85. The van der Waals surface area contributed by atoms with E-state index in [4.69, 9.17) is 0 Å². The monoisotopic (exact) mass is 417 g/mol. The number of hydrogen-bond donors (Lipinski definition) is 1. The molecule has 3 aromatic rings. The third-order valence-electron chi connectivity index (χ3n) is 6.12. The highest BCUT2D eigenvalue weighted by molar-refractivity contribution is 6.07. The Balaban J connectivity index is 1.54. The molecule has 0 aliphatic carbocycles. The molecule has 0 spiro atoms. The van der Waals surface area contributed by atoms with Crippen molar-refractivity contribution >= 4 is 17.5 Å². The van der Waals surface area contributed by atoms with Gasteiger partial charge in [0.1, 0.15) is 11.5 Å². The van der Waals surface area contributed by atoms with E-state index < -0.39 is 11.9 Å². The van der Waals surface area contributed by atoms with Crippen LogP contribution in [0, 0.1) is 5.82 Å². The summed E-state index contributed by atoms with van der Waals surface area (Å²) < 4.78 is 13.7. The molecule has 2 aliphatic heterocycles. The number of carbonyl (C=O) groups is 2. The highest BCUT2D eigenvalue weighted by atomic mass is 19.1. The largest absolute Gasteiger partial charge is 0.394 e. The van der Waals surface area contributed by atoms with Crippen molar-refractivity contribution in [1.29, 1.82) is 0 Å². The van der Waals surface area contributed by atoms with Gasteiger partial charge in [0, 0.05) is 29.9 Å². The highest BCUT2D eigenvalue weighted by Gasteiger charge is 2.55. The molecule has 7 heteroatoms. The molecule has 3 atom stereocenters. The van der Waals surface area contributed by atoms with E-state index in [-0.39, 0.29) is 42.5 Å². The van der Waals surface area contributed by atoms with Gasteiger partial charge in [-0.1, -0.05) is 30.3 Å². The van der Waals surface area contributed by atoms with Crippen LogP contribution in [0.15, 0.2) is 72.9 Å². The minimum atomic E-state index is -0.482. The third-order valence-corrected chi connectivity index (χ3v) is 6.12. The zero-order chi connectivity index (χ0) is 21.5. The van der Waals surface area contributed by atoms with Crippen LogP contribution in [0.2, 0.25) is 0 Å². The molecule has 0 bridgehead atoms. The number of amides is 2. The van der Waals surface area contributed by atoms with Gasteiger partial charge in [-0.2, -0.15) is 0 Å². The Kier molecular flexibility index (Phi) is 4.75. The van der Waals surface area contributed by atoms with Crippen LogP contribution in [0.5, 0.6) is 0 Å². The third kappa shape index (κ3) is 3.09. The molecule has 156 valence electrons. The lowest BCUT2D eigenvalue weighted by molar-refractivity contribution is -0.0250. The van der Waals surface area contributed by atoms with Crippen LogP contribution in [0.25, 0.3) is 0 Å². The van der Waals surface area contributed by atoms with E-state index in [2.05, 4.69) is 4.98 Å². The number of carbonyl (C=O) groups excluding carboxylic acids is 2. The molecule has 0 unspecified atom stereocenters. The van der Waals surface area contributed by atoms with Crippen LogP contribution < -0.4 is 4.90 Å². The number of nitrogens with zero attached hydrogens (tertiary/aromatic N) is 3. The van der Waals surface area contributed by atoms with Crippen LogP contribution >= 0.6 is 0 Å². The molecule has 1 saturated heterocycles. The van der Waals surface area contributed by atoms with Gasteiger partial charge in [0.05, 0.1) is 18.7 Å². The number of para-hydroxylation sites is 1. The summed E-state index contributed by atoms with van der Waals surface area (Å²) in [5.41, 5.74) is 2.16. The summed E-state index contributed by atoms with van der Waals surface area (Å²) in [4.78, 5) is 33.8. The Morgan fingerprint density at radius 1 is 1.03 bits per heavy atom. The number of anilines is 1. The van der Waals surface area contributed by atoms with E-state index in [0.717, 1.165) is 11.3 Å². The summed E-state index contributed by atoms with van der Waals surface area (Å²) >= 11 is 0. The first-order valence-electron chi connectivity index (χ1n) is 10.1. The summed E-state index contributed by atoms with van der Waals surface area (Å²) in [6.07, 6.45) is 1.55. The molecule has 3 heterocycles. The standard InChI is InChI=1S/C24H20FN3O3/c25-16-7-5-6-15(12-16)23(30)27-13-20-22(17-8-1-2-10-19(17)27)21(14-29)28(20)24(31)18-9-3-4-11-26-18/h1-12,20-22,29H,13-14H2/t20-,21+,22+/m0/s1. The molecule has 1 aromatic heterocycles. The summed E-state index contributed by atoms with van der Waals surface area (Å²) in [7, 11) is 0. The number of aliphatic hydroxyl groups excluding tert-OH is 1. The summed E-state index contributed by atoms with van der Waals surface area (Å²) in [5.74, 6) is -1.18. The number of likely N-dealkylation sites (tertiary alicyclic amines) is 1. The van der Waals surface area contributed by atoms with Crippen LogP contribution in [-0.4, -0.2) is 52.0 Å². The molecular weight excluding hydrogens is 397 g/mol. The fraction of sp³-hybridized carbons (Fsp3) is 0.208. The maximum atomic E-state index is 13.7. The first-order valence-corrected chi connectivity index (χ1v) is 10.1. The Morgan fingerprint density at radius 3 is 2.58 bits per heavy atom. The van der Waals surface area contributed by atoms with Gasteiger partial charge in [-0.15, -0.1) is 0 Å². The summed E-state index contributed by atoms with van der Waals surface area (Å²) in [6.45, 7) is 0.0675. The average Bonchev–Trinajstić information content (AvgIpc) is 2.79.